The number of thioether (sulfide) groups is 2. The molecule has 0 aliphatic heterocycles. The molecule has 1 atom stereocenters. The Bertz CT molecular complexity index is 371. The fourth-order valence-corrected chi connectivity index (χ4v) is 3.23. The molecule has 1 unspecified atom stereocenters. The smallest absolute Gasteiger partial charge is 0.409 e. The SMILES string of the molecule is CNC(=O)Oc1ccccc1SC(C)CSC. The molecule has 1 N–H and O–H groups in total. The fourth-order valence-electron chi connectivity index (χ4n) is 1.27. The van der Waals surface area contributed by atoms with Gasteiger partial charge in [-0.05, 0) is 18.4 Å². The third-order valence-corrected chi connectivity index (χ3v) is 4.19. The maximum absolute atomic E-state index is 11.2. The lowest BCUT2D eigenvalue weighted by Gasteiger charge is -2.13. The Balaban J connectivity index is 2.73. The molecule has 0 saturated carbocycles. The number of carbonyl (C=O) groups is 1. The monoisotopic (exact) mass is 271 g/mol. The second-order valence-electron chi connectivity index (χ2n) is 3.47. The van der Waals surface area contributed by atoms with Gasteiger partial charge in [0.15, 0.2) is 0 Å². The van der Waals surface area contributed by atoms with E-state index in [-0.39, 0.29) is 0 Å². The highest BCUT2D eigenvalue weighted by Crippen LogP contribution is 2.32. The van der Waals surface area contributed by atoms with Crippen molar-refractivity contribution in [2.75, 3.05) is 19.1 Å². The Labute approximate surface area is 111 Å². The largest absolute Gasteiger partial charge is 0.412 e. The van der Waals surface area contributed by atoms with Crippen molar-refractivity contribution in [1.29, 1.82) is 0 Å². The molecule has 0 bridgehead atoms. The van der Waals surface area contributed by atoms with E-state index in [0.29, 0.717) is 11.0 Å². The fraction of sp³-hybridized carbons (Fsp3) is 0.417. The molecular formula is C12H17NO2S2. The van der Waals surface area contributed by atoms with Crippen LogP contribution in [0.1, 0.15) is 6.92 Å². The van der Waals surface area contributed by atoms with Crippen molar-refractivity contribution in [3.8, 4) is 5.75 Å². The molecule has 17 heavy (non-hydrogen) atoms. The van der Waals surface area contributed by atoms with Gasteiger partial charge in [0.25, 0.3) is 0 Å². The van der Waals surface area contributed by atoms with Crippen LogP contribution in [0, 0.1) is 0 Å². The number of nitrogens with one attached hydrogen (secondary N) is 1. The summed E-state index contributed by atoms with van der Waals surface area (Å²) >= 11 is 3.53. The molecule has 5 heteroatoms. The number of amides is 1. The van der Waals surface area contributed by atoms with Crippen LogP contribution in [0.15, 0.2) is 29.2 Å². The third-order valence-electron chi connectivity index (χ3n) is 1.99. The summed E-state index contributed by atoms with van der Waals surface area (Å²) in [5.41, 5.74) is 0. The van der Waals surface area contributed by atoms with E-state index in [2.05, 4.69) is 18.5 Å². The van der Waals surface area contributed by atoms with Crippen molar-refractivity contribution < 1.29 is 9.53 Å². The molecule has 1 aromatic carbocycles. The molecule has 1 aromatic rings. The maximum atomic E-state index is 11.2. The highest BCUT2D eigenvalue weighted by molar-refractivity contribution is 8.03. The summed E-state index contributed by atoms with van der Waals surface area (Å²) < 4.78 is 5.20. The van der Waals surface area contributed by atoms with Crippen LogP contribution in [0.3, 0.4) is 0 Å². The lowest BCUT2D eigenvalue weighted by molar-refractivity contribution is 0.202. The molecule has 0 saturated heterocycles. The van der Waals surface area contributed by atoms with Crippen molar-refractivity contribution in [3.05, 3.63) is 24.3 Å². The molecule has 0 aromatic heterocycles. The highest BCUT2D eigenvalue weighted by Gasteiger charge is 2.11. The van der Waals surface area contributed by atoms with E-state index in [1.54, 1.807) is 18.8 Å². The molecule has 0 fully saturated rings. The molecular weight excluding hydrogens is 254 g/mol. The number of carbonyl (C=O) groups excluding carboxylic acids is 1. The highest BCUT2D eigenvalue weighted by atomic mass is 32.2. The molecule has 0 spiro atoms. The number of benzene rings is 1. The second-order valence-corrected chi connectivity index (χ2v) is 5.86. The van der Waals surface area contributed by atoms with Gasteiger partial charge >= 0.3 is 6.09 Å². The topological polar surface area (TPSA) is 38.3 Å². The summed E-state index contributed by atoms with van der Waals surface area (Å²) in [5, 5.41) is 2.93. The molecule has 0 radical (unpaired) electrons. The first-order chi connectivity index (χ1) is 8.17. The molecule has 0 heterocycles. The normalized spacial score (nSPS) is 11.9. The predicted octanol–water partition coefficient (Wildman–Crippen LogP) is 3.25. The predicted molar refractivity (Wildman–Crippen MR) is 75.2 cm³/mol. The van der Waals surface area contributed by atoms with Crippen molar-refractivity contribution in [1.82, 2.24) is 5.32 Å². The van der Waals surface area contributed by atoms with Crippen molar-refractivity contribution in [2.24, 2.45) is 0 Å². The number of para-hydroxylation sites is 1. The van der Waals surface area contributed by atoms with E-state index >= 15 is 0 Å². The zero-order chi connectivity index (χ0) is 12.7. The summed E-state index contributed by atoms with van der Waals surface area (Å²) in [4.78, 5) is 12.2. The number of hydrogen-bond donors (Lipinski definition) is 1. The quantitative estimate of drug-likeness (QED) is 0.834. The van der Waals surface area contributed by atoms with Crippen LogP contribution in [0.4, 0.5) is 4.79 Å². The first-order valence-electron chi connectivity index (χ1n) is 5.31. The van der Waals surface area contributed by atoms with Gasteiger partial charge in [-0.1, -0.05) is 19.1 Å². The Kier molecular flexibility index (Phi) is 6.29. The van der Waals surface area contributed by atoms with E-state index < -0.39 is 6.09 Å². The van der Waals surface area contributed by atoms with Crippen LogP contribution >= 0.6 is 23.5 Å². The summed E-state index contributed by atoms with van der Waals surface area (Å²) in [7, 11) is 1.55. The van der Waals surface area contributed by atoms with Crippen LogP contribution in [-0.4, -0.2) is 30.4 Å². The van der Waals surface area contributed by atoms with Crippen LogP contribution < -0.4 is 10.1 Å². The van der Waals surface area contributed by atoms with Crippen LogP contribution in [0.5, 0.6) is 5.75 Å². The van der Waals surface area contributed by atoms with Gasteiger partial charge in [0.2, 0.25) is 0 Å². The summed E-state index contributed by atoms with van der Waals surface area (Å²) in [6.45, 7) is 2.16. The van der Waals surface area contributed by atoms with Crippen LogP contribution in [0.25, 0.3) is 0 Å². The van der Waals surface area contributed by atoms with Gasteiger partial charge in [-0.25, -0.2) is 4.79 Å². The molecule has 0 aliphatic carbocycles. The number of rotatable bonds is 5. The number of ether oxygens (including phenoxy) is 1. The first-order valence-corrected chi connectivity index (χ1v) is 7.59. The van der Waals surface area contributed by atoms with E-state index in [4.69, 9.17) is 4.74 Å². The Morgan fingerprint density at radius 1 is 1.47 bits per heavy atom. The van der Waals surface area contributed by atoms with Gasteiger partial charge in [-0.2, -0.15) is 11.8 Å². The summed E-state index contributed by atoms with van der Waals surface area (Å²) in [6.07, 6.45) is 1.65. The van der Waals surface area contributed by atoms with Gasteiger partial charge in [0.1, 0.15) is 5.75 Å². The van der Waals surface area contributed by atoms with Crippen molar-refractivity contribution >= 4 is 29.6 Å². The first kappa shape index (κ1) is 14.3. The maximum Gasteiger partial charge on any atom is 0.412 e. The van der Waals surface area contributed by atoms with Gasteiger partial charge in [-0.3, -0.25) is 0 Å². The van der Waals surface area contributed by atoms with Crippen LogP contribution in [-0.2, 0) is 0 Å². The molecule has 0 aliphatic rings. The minimum atomic E-state index is -0.435. The lowest BCUT2D eigenvalue weighted by atomic mass is 10.3. The minimum Gasteiger partial charge on any atom is -0.409 e. The molecule has 1 rings (SSSR count). The minimum absolute atomic E-state index is 0.435. The third kappa shape index (κ3) is 4.91. The standard InChI is InChI=1S/C12H17NO2S2/c1-9(8-16-3)17-11-7-5-4-6-10(11)15-12(14)13-2/h4-7,9H,8H2,1-3H3,(H,13,14). The van der Waals surface area contributed by atoms with Gasteiger partial charge in [-0.15, -0.1) is 11.8 Å². The van der Waals surface area contributed by atoms with Crippen molar-refractivity contribution in [2.45, 2.75) is 17.1 Å². The lowest BCUT2D eigenvalue weighted by Crippen LogP contribution is -2.22. The van der Waals surface area contributed by atoms with Gasteiger partial charge in [0, 0.05) is 18.1 Å². The van der Waals surface area contributed by atoms with E-state index in [0.717, 1.165) is 10.6 Å². The van der Waals surface area contributed by atoms with Crippen molar-refractivity contribution in [3.63, 3.8) is 0 Å². The second kappa shape index (κ2) is 7.50. The van der Waals surface area contributed by atoms with Gasteiger partial charge in [0.05, 0.1) is 4.90 Å². The Morgan fingerprint density at radius 3 is 2.82 bits per heavy atom. The molecule has 1 amide bonds. The summed E-state index contributed by atoms with van der Waals surface area (Å²) in [5.74, 6) is 1.68. The van der Waals surface area contributed by atoms with E-state index in [1.165, 1.54) is 0 Å². The molecule has 3 nitrogen and oxygen atoms in total. The average molecular weight is 271 g/mol. The number of hydrogen-bond acceptors (Lipinski definition) is 4. The van der Waals surface area contributed by atoms with Crippen LogP contribution in [0.2, 0.25) is 0 Å². The zero-order valence-corrected chi connectivity index (χ0v) is 11.9. The Hall–Kier alpha value is -0.810. The van der Waals surface area contributed by atoms with E-state index in [1.807, 2.05) is 36.0 Å². The average Bonchev–Trinajstić information content (AvgIpc) is 2.31. The Morgan fingerprint density at radius 2 is 2.18 bits per heavy atom. The molecule has 94 valence electrons. The summed E-state index contributed by atoms with van der Waals surface area (Å²) in [6, 6.07) is 7.59. The van der Waals surface area contributed by atoms with E-state index in [9.17, 15) is 4.79 Å². The van der Waals surface area contributed by atoms with Gasteiger partial charge < -0.3 is 10.1 Å². The zero-order valence-electron chi connectivity index (χ0n) is 10.2.